The van der Waals surface area contributed by atoms with Gasteiger partial charge in [0, 0.05) is 44.9 Å². The van der Waals surface area contributed by atoms with E-state index in [0.717, 1.165) is 34.1 Å². The van der Waals surface area contributed by atoms with E-state index >= 15 is 0 Å². The molecule has 0 aliphatic carbocycles. The van der Waals surface area contributed by atoms with Gasteiger partial charge in [0.05, 0.1) is 11.0 Å². The number of fused-ring (bicyclic) bond motifs is 3. The highest BCUT2D eigenvalue weighted by atomic mass is 15.1. The monoisotopic (exact) mass is 613 g/mol. The Morgan fingerprint density at radius 2 is 1.02 bits per heavy atom. The summed E-state index contributed by atoms with van der Waals surface area (Å²) in [7, 11) is 0. The van der Waals surface area contributed by atoms with Crippen molar-refractivity contribution < 1.29 is 0 Å². The molecule has 0 spiro atoms. The Labute approximate surface area is 279 Å². The second-order valence-electron chi connectivity index (χ2n) is 14.5. The third-order valence-electron chi connectivity index (χ3n) is 9.07. The fourth-order valence-electron chi connectivity index (χ4n) is 6.45. The van der Waals surface area contributed by atoms with Gasteiger partial charge in [-0.1, -0.05) is 114 Å². The van der Waals surface area contributed by atoms with Crippen molar-refractivity contribution in [2.45, 2.75) is 52.4 Å². The van der Waals surface area contributed by atoms with Gasteiger partial charge in [-0.05, 0) is 94.8 Å². The fourth-order valence-corrected chi connectivity index (χ4v) is 6.45. The predicted octanol–water partition coefficient (Wildman–Crippen LogP) is 12.6. The average Bonchev–Trinajstić information content (AvgIpc) is 3.39. The summed E-state index contributed by atoms with van der Waals surface area (Å²) in [5, 5.41) is 6.15. The van der Waals surface area contributed by atoms with E-state index in [1.165, 1.54) is 32.9 Å². The van der Waals surface area contributed by atoms with Crippen LogP contribution in [0.25, 0.3) is 27.5 Å². The van der Waals surface area contributed by atoms with E-state index in [0.29, 0.717) is 0 Å². The van der Waals surface area contributed by atoms with E-state index in [1.54, 1.807) is 0 Å². The maximum Gasteiger partial charge on any atom is 0.0561 e. The Kier molecular flexibility index (Phi) is 7.64. The van der Waals surface area contributed by atoms with Gasteiger partial charge >= 0.3 is 0 Å². The first-order valence-electron chi connectivity index (χ1n) is 16.5. The summed E-state index contributed by atoms with van der Waals surface area (Å²) in [6, 6.07) is 52.8. The lowest BCUT2D eigenvalue weighted by molar-refractivity contribution is 0.590. The Hall–Kier alpha value is -5.28. The molecule has 7 aromatic rings. The van der Waals surface area contributed by atoms with Gasteiger partial charge in [-0.2, -0.15) is 0 Å². The van der Waals surface area contributed by atoms with Crippen molar-refractivity contribution in [3.8, 4) is 5.69 Å². The zero-order valence-corrected chi connectivity index (χ0v) is 28.3. The van der Waals surface area contributed by atoms with Gasteiger partial charge in [-0.25, -0.2) is 0 Å². The number of nitrogens with one attached hydrogen (secondary N) is 1. The van der Waals surface area contributed by atoms with Gasteiger partial charge in [-0.15, -0.1) is 0 Å². The molecule has 234 valence electrons. The Balaban J connectivity index is 1.36. The van der Waals surface area contributed by atoms with Crippen molar-refractivity contribution in [2.75, 3.05) is 10.2 Å². The Bertz CT molecular complexity index is 2160. The Morgan fingerprint density at radius 3 is 1.70 bits per heavy atom. The highest BCUT2D eigenvalue weighted by Gasteiger charge is 2.20. The van der Waals surface area contributed by atoms with Crippen LogP contribution in [0.3, 0.4) is 0 Å². The zero-order chi connectivity index (χ0) is 32.8. The molecule has 47 heavy (non-hydrogen) atoms. The summed E-state index contributed by atoms with van der Waals surface area (Å²) < 4.78 is 2.38. The molecule has 0 bridgehead atoms. The van der Waals surface area contributed by atoms with Gasteiger partial charge in [0.2, 0.25) is 0 Å². The average molecular weight is 614 g/mol. The molecule has 0 saturated heterocycles. The molecular weight excluding hydrogens is 571 g/mol. The molecule has 1 heterocycles. The van der Waals surface area contributed by atoms with Crippen LogP contribution in [-0.4, -0.2) is 4.57 Å². The first-order valence-corrected chi connectivity index (χ1v) is 16.5. The molecule has 0 atom stereocenters. The van der Waals surface area contributed by atoms with Gasteiger partial charge in [0.1, 0.15) is 0 Å². The molecule has 0 amide bonds. The van der Waals surface area contributed by atoms with E-state index in [9.17, 15) is 0 Å². The van der Waals surface area contributed by atoms with Crippen LogP contribution in [0.2, 0.25) is 0 Å². The summed E-state index contributed by atoms with van der Waals surface area (Å²) in [4.78, 5) is 2.37. The molecule has 0 radical (unpaired) electrons. The number of nitrogens with zero attached hydrogens (tertiary/aromatic N) is 2. The van der Waals surface area contributed by atoms with Crippen molar-refractivity contribution in [1.29, 1.82) is 0 Å². The zero-order valence-electron chi connectivity index (χ0n) is 28.3. The van der Waals surface area contributed by atoms with Crippen LogP contribution in [0.1, 0.15) is 52.7 Å². The minimum atomic E-state index is 0.0747. The van der Waals surface area contributed by atoms with Crippen LogP contribution in [0, 0.1) is 0 Å². The second kappa shape index (κ2) is 11.8. The van der Waals surface area contributed by atoms with Crippen LogP contribution < -0.4 is 10.2 Å². The molecule has 0 unspecified atom stereocenters. The maximum atomic E-state index is 3.66. The summed E-state index contributed by atoms with van der Waals surface area (Å²) in [5.74, 6) is 0. The predicted molar refractivity (Wildman–Crippen MR) is 203 cm³/mol. The smallest absolute Gasteiger partial charge is 0.0561 e. The molecule has 0 fully saturated rings. The van der Waals surface area contributed by atoms with Crippen LogP contribution in [0.4, 0.5) is 28.4 Å². The van der Waals surface area contributed by atoms with Crippen LogP contribution in [0.5, 0.6) is 0 Å². The number of hydrogen-bond donors (Lipinski definition) is 1. The molecule has 0 aliphatic rings. The maximum absolute atomic E-state index is 3.66. The number of para-hydroxylation sites is 2. The molecule has 6 aromatic carbocycles. The van der Waals surface area contributed by atoms with Gasteiger partial charge in [-0.3, -0.25) is 0 Å². The van der Waals surface area contributed by atoms with E-state index in [2.05, 4.69) is 202 Å². The summed E-state index contributed by atoms with van der Waals surface area (Å²) in [5.41, 5.74) is 11.8. The van der Waals surface area contributed by atoms with E-state index in [-0.39, 0.29) is 10.8 Å². The number of aromatic nitrogens is 1. The van der Waals surface area contributed by atoms with Crippen LogP contribution in [0.15, 0.2) is 146 Å². The fraction of sp³-hybridized carbons (Fsp3) is 0.182. The molecule has 3 nitrogen and oxygen atoms in total. The number of rotatable bonds is 6. The SMILES string of the molecule is CC(C)(C)c1ccc(Nc2cccc(N(c3ccc(C(C)(C)C)cc3)c3ccc4c5ccccc5n(-c5ccccc5)c4c3)c2)cc1. The van der Waals surface area contributed by atoms with Crippen molar-refractivity contribution in [2.24, 2.45) is 0 Å². The summed E-state index contributed by atoms with van der Waals surface area (Å²) >= 11 is 0. The van der Waals surface area contributed by atoms with E-state index in [1.807, 2.05) is 0 Å². The molecule has 1 N–H and O–H groups in total. The lowest BCUT2D eigenvalue weighted by Gasteiger charge is -2.27. The third kappa shape index (κ3) is 6.02. The van der Waals surface area contributed by atoms with E-state index < -0.39 is 0 Å². The topological polar surface area (TPSA) is 20.2 Å². The van der Waals surface area contributed by atoms with Crippen molar-refractivity contribution in [3.63, 3.8) is 0 Å². The van der Waals surface area contributed by atoms with Crippen LogP contribution >= 0.6 is 0 Å². The normalized spacial score (nSPS) is 12.0. The van der Waals surface area contributed by atoms with Gasteiger partial charge in [0.15, 0.2) is 0 Å². The molecule has 7 rings (SSSR count). The first-order chi connectivity index (χ1) is 22.6. The van der Waals surface area contributed by atoms with Crippen molar-refractivity contribution in [3.05, 3.63) is 157 Å². The lowest BCUT2D eigenvalue weighted by Crippen LogP contribution is -2.13. The minimum Gasteiger partial charge on any atom is -0.355 e. The third-order valence-corrected chi connectivity index (χ3v) is 9.07. The quantitative estimate of drug-likeness (QED) is 0.201. The lowest BCUT2D eigenvalue weighted by atomic mass is 9.87. The van der Waals surface area contributed by atoms with Crippen molar-refractivity contribution in [1.82, 2.24) is 4.57 Å². The highest BCUT2D eigenvalue weighted by molar-refractivity contribution is 6.10. The largest absolute Gasteiger partial charge is 0.355 e. The highest BCUT2D eigenvalue weighted by Crippen LogP contribution is 2.41. The van der Waals surface area contributed by atoms with Crippen molar-refractivity contribution >= 4 is 50.2 Å². The van der Waals surface area contributed by atoms with Gasteiger partial charge < -0.3 is 14.8 Å². The minimum absolute atomic E-state index is 0.0747. The Morgan fingerprint density at radius 1 is 0.447 bits per heavy atom. The van der Waals surface area contributed by atoms with Crippen LogP contribution in [-0.2, 0) is 10.8 Å². The first kappa shape index (κ1) is 30.4. The van der Waals surface area contributed by atoms with E-state index in [4.69, 9.17) is 0 Å². The molecule has 0 saturated carbocycles. The summed E-state index contributed by atoms with van der Waals surface area (Å²) in [6.07, 6.45) is 0. The second-order valence-corrected chi connectivity index (χ2v) is 14.5. The number of hydrogen-bond acceptors (Lipinski definition) is 2. The molecule has 0 aliphatic heterocycles. The number of anilines is 5. The molecular formula is C44H43N3. The molecule has 1 aromatic heterocycles. The summed E-state index contributed by atoms with van der Waals surface area (Å²) in [6.45, 7) is 13.5. The van der Waals surface area contributed by atoms with Gasteiger partial charge in [0.25, 0.3) is 0 Å². The standard InChI is InChI=1S/C44H43N3/c1-43(2,3)31-19-23-33(24-20-31)45-34-13-12-16-37(29-34)46(36-25-21-32(22-26-36)44(4,5)6)38-27-28-40-39-17-10-11-18-41(39)47(42(40)30-38)35-14-8-7-9-15-35/h7-30,45H,1-6H3. The molecule has 3 heteroatoms. The number of benzene rings is 6.